The first-order chi connectivity index (χ1) is 13.2. The van der Waals surface area contributed by atoms with Gasteiger partial charge in [0.1, 0.15) is 0 Å². The third-order valence-corrected chi connectivity index (χ3v) is 4.88. The highest BCUT2D eigenvalue weighted by atomic mass is 16.5. The van der Waals surface area contributed by atoms with Crippen molar-refractivity contribution in [1.82, 2.24) is 15.3 Å². The van der Waals surface area contributed by atoms with Crippen LogP contribution >= 0.6 is 0 Å². The summed E-state index contributed by atoms with van der Waals surface area (Å²) in [7, 11) is 0. The number of hydrogen-bond acceptors (Lipinski definition) is 5. The Morgan fingerprint density at radius 1 is 1.26 bits per heavy atom. The number of carbonyl (C=O) groups is 1. The van der Waals surface area contributed by atoms with E-state index in [2.05, 4.69) is 39.2 Å². The number of benzene rings is 1. The highest BCUT2D eigenvalue weighted by molar-refractivity contribution is 5.79. The normalized spacial score (nSPS) is 18.1. The van der Waals surface area contributed by atoms with Crippen molar-refractivity contribution in [3.63, 3.8) is 0 Å². The summed E-state index contributed by atoms with van der Waals surface area (Å²) in [5, 5.41) is 3.05. The fourth-order valence-corrected chi connectivity index (χ4v) is 3.34. The minimum absolute atomic E-state index is 0.00767. The van der Waals surface area contributed by atoms with Crippen molar-refractivity contribution in [3.8, 4) is 0 Å². The molecule has 1 N–H and O–H groups in total. The first-order valence-corrected chi connectivity index (χ1v) is 9.70. The molecule has 0 aliphatic carbocycles. The molecular weight excluding hydrogens is 340 g/mol. The SMILES string of the molecule is CC(OCCCNC(=O)C1CCCN(c2ncccn2)C1)c1ccccc1. The van der Waals surface area contributed by atoms with Gasteiger partial charge in [0.25, 0.3) is 0 Å². The molecular formula is C21H28N4O2. The quantitative estimate of drug-likeness (QED) is 0.726. The van der Waals surface area contributed by atoms with Crippen molar-refractivity contribution < 1.29 is 9.53 Å². The van der Waals surface area contributed by atoms with Crippen LogP contribution in [0, 0.1) is 5.92 Å². The molecule has 2 unspecified atom stereocenters. The van der Waals surface area contributed by atoms with E-state index in [1.54, 1.807) is 18.5 Å². The molecule has 0 radical (unpaired) electrons. The Balaban J connectivity index is 1.35. The lowest BCUT2D eigenvalue weighted by molar-refractivity contribution is -0.125. The second-order valence-electron chi connectivity index (χ2n) is 6.90. The molecule has 2 heterocycles. The molecule has 1 saturated heterocycles. The summed E-state index contributed by atoms with van der Waals surface area (Å²) in [6.07, 6.45) is 6.25. The number of aromatic nitrogens is 2. The Kier molecular flexibility index (Phi) is 7.16. The molecule has 6 heteroatoms. The lowest BCUT2D eigenvalue weighted by Crippen LogP contribution is -2.44. The number of ether oxygens (including phenoxy) is 1. The molecule has 2 atom stereocenters. The van der Waals surface area contributed by atoms with Crippen molar-refractivity contribution in [3.05, 3.63) is 54.4 Å². The number of hydrogen-bond donors (Lipinski definition) is 1. The maximum absolute atomic E-state index is 12.5. The van der Waals surface area contributed by atoms with Crippen LogP contribution in [0.3, 0.4) is 0 Å². The van der Waals surface area contributed by atoms with E-state index in [1.807, 2.05) is 18.2 Å². The van der Waals surface area contributed by atoms with E-state index in [0.717, 1.165) is 25.8 Å². The summed E-state index contributed by atoms with van der Waals surface area (Å²) in [6, 6.07) is 12.0. The van der Waals surface area contributed by atoms with Gasteiger partial charge in [-0.25, -0.2) is 9.97 Å². The summed E-state index contributed by atoms with van der Waals surface area (Å²) in [5.41, 5.74) is 1.17. The lowest BCUT2D eigenvalue weighted by Gasteiger charge is -2.31. The van der Waals surface area contributed by atoms with Crippen LogP contribution in [0.4, 0.5) is 5.95 Å². The van der Waals surface area contributed by atoms with E-state index in [1.165, 1.54) is 5.56 Å². The molecule has 0 bridgehead atoms. The van der Waals surface area contributed by atoms with E-state index in [4.69, 9.17) is 4.74 Å². The second kappa shape index (κ2) is 10.0. The zero-order valence-electron chi connectivity index (χ0n) is 15.9. The summed E-state index contributed by atoms with van der Waals surface area (Å²) < 4.78 is 5.85. The Labute approximate surface area is 161 Å². The number of anilines is 1. The van der Waals surface area contributed by atoms with Crippen LogP contribution in [0.15, 0.2) is 48.8 Å². The predicted octanol–water partition coefficient (Wildman–Crippen LogP) is 2.98. The fraction of sp³-hybridized carbons (Fsp3) is 0.476. The highest BCUT2D eigenvalue weighted by Gasteiger charge is 2.26. The Morgan fingerprint density at radius 3 is 2.81 bits per heavy atom. The Bertz CT molecular complexity index is 696. The molecule has 1 aromatic carbocycles. The van der Waals surface area contributed by atoms with Gasteiger partial charge in [0.2, 0.25) is 11.9 Å². The topological polar surface area (TPSA) is 67.3 Å². The molecule has 0 spiro atoms. The average Bonchev–Trinajstić information content (AvgIpc) is 2.74. The molecule has 0 saturated carbocycles. The Hall–Kier alpha value is -2.47. The first-order valence-electron chi connectivity index (χ1n) is 9.70. The van der Waals surface area contributed by atoms with Gasteiger partial charge in [0.15, 0.2) is 0 Å². The van der Waals surface area contributed by atoms with Crippen LogP contribution in [0.25, 0.3) is 0 Å². The molecule has 6 nitrogen and oxygen atoms in total. The molecule has 1 aromatic heterocycles. The first kappa shape index (κ1) is 19.3. The summed E-state index contributed by atoms with van der Waals surface area (Å²) >= 11 is 0. The van der Waals surface area contributed by atoms with Crippen LogP contribution in [-0.4, -0.2) is 42.1 Å². The summed E-state index contributed by atoms with van der Waals surface area (Å²) in [6.45, 7) is 4.90. The van der Waals surface area contributed by atoms with Crippen LogP contribution < -0.4 is 10.2 Å². The maximum atomic E-state index is 12.5. The van der Waals surface area contributed by atoms with Gasteiger partial charge >= 0.3 is 0 Å². The van der Waals surface area contributed by atoms with E-state index in [-0.39, 0.29) is 17.9 Å². The number of rotatable bonds is 8. The third kappa shape index (κ3) is 5.76. The van der Waals surface area contributed by atoms with Crippen LogP contribution in [0.5, 0.6) is 0 Å². The molecule has 1 aliphatic heterocycles. The molecule has 1 fully saturated rings. The number of nitrogens with zero attached hydrogens (tertiary/aromatic N) is 3. The van der Waals surface area contributed by atoms with Crippen LogP contribution in [0.2, 0.25) is 0 Å². The van der Waals surface area contributed by atoms with Gasteiger partial charge in [-0.1, -0.05) is 30.3 Å². The van der Waals surface area contributed by atoms with Crippen LogP contribution in [0.1, 0.15) is 37.9 Å². The van der Waals surface area contributed by atoms with Gasteiger partial charge in [-0.05, 0) is 37.8 Å². The molecule has 1 amide bonds. The second-order valence-corrected chi connectivity index (χ2v) is 6.90. The van der Waals surface area contributed by atoms with E-state index in [9.17, 15) is 4.79 Å². The number of nitrogens with one attached hydrogen (secondary N) is 1. The highest BCUT2D eigenvalue weighted by Crippen LogP contribution is 2.20. The van der Waals surface area contributed by atoms with Gasteiger partial charge in [0.05, 0.1) is 12.0 Å². The van der Waals surface area contributed by atoms with Crippen molar-refractivity contribution in [2.75, 3.05) is 31.1 Å². The molecule has 1 aliphatic rings. The van der Waals surface area contributed by atoms with Gasteiger partial charge in [-0.15, -0.1) is 0 Å². The fourth-order valence-electron chi connectivity index (χ4n) is 3.34. The van der Waals surface area contributed by atoms with E-state index >= 15 is 0 Å². The third-order valence-electron chi connectivity index (χ3n) is 4.88. The zero-order valence-corrected chi connectivity index (χ0v) is 15.9. The van der Waals surface area contributed by atoms with Crippen LogP contribution in [-0.2, 0) is 9.53 Å². The van der Waals surface area contributed by atoms with Gasteiger partial charge in [-0.3, -0.25) is 4.79 Å². The summed E-state index contributed by atoms with van der Waals surface area (Å²) in [4.78, 5) is 23.2. The van der Waals surface area contributed by atoms with Crippen molar-refractivity contribution in [2.45, 2.75) is 32.3 Å². The molecule has 144 valence electrons. The standard InChI is InChI=1S/C21H28N4O2/c1-17(18-8-3-2-4-9-18)27-15-7-13-22-20(26)19-10-5-14-25(16-19)21-23-11-6-12-24-21/h2-4,6,8-9,11-12,17,19H,5,7,10,13-16H2,1H3,(H,22,26). The van der Waals surface area contributed by atoms with Gasteiger partial charge < -0.3 is 15.0 Å². The van der Waals surface area contributed by atoms with Crippen molar-refractivity contribution in [1.29, 1.82) is 0 Å². The Morgan fingerprint density at radius 2 is 2.04 bits per heavy atom. The number of carbonyl (C=O) groups excluding carboxylic acids is 1. The molecule has 27 heavy (non-hydrogen) atoms. The number of amides is 1. The minimum atomic E-state index is -0.00767. The van der Waals surface area contributed by atoms with E-state index in [0.29, 0.717) is 25.6 Å². The zero-order chi connectivity index (χ0) is 18.9. The maximum Gasteiger partial charge on any atom is 0.225 e. The smallest absolute Gasteiger partial charge is 0.225 e. The largest absolute Gasteiger partial charge is 0.374 e. The predicted molar refractivity (Wildman–Crippen MR) is 105 cm³/mol. The molecule has 3 rings (SSSR count). The van der Waals surface area contributed by atoms with Crippen molar-refractivity contribution in [2.24, 2.45) is 5.92 Å². The summed E-state index contributed by atoms with van der Waals surface area (Å²) in [5.74, 6) is 0.816. The van der Waals surface area contributed by atoms with Gasteiger partial charge in [0, 0.05) is 38.6 Å². The lowest BCUT2D eigenvalue weighted by atomic mass is 9.97. The average molecular weight is 368 g/mol. The van der Waals surface area contributed by atoms with Gasteiger partial charge in [-0.2, -0.15) is 0 Å². The minimum Gasteiger partial charge on any atom is -0.374 e. The van der Waals surface area contributed by atoms with Crippen molar-refractivity contribution >= 4 is 11.9 Å². The van der Waals surface area contributed by atoms with E-state index < -0.39 is 0 Å². The molecule has 2 aromatic rings. The monoisotopic (exact) mass is 368 g/mol. The number of piperidine rings is 1.